The van der Waals surface area contributed by atoms with Crippen LogP contribution in [0.2, 0.25) is 5.02 Å². The van der Waals surface area contributed by atoms with Crippen LogP contribution in [-0.4, -0.2) is 32.1 Å². The summed E-state index contributed by atoms with van der Waals surface area (Å²) in [6.45, 7) is 4.03. The van der Waals surface area contributed by atoms with E-state index in [0.717, 1.165) is 0 Å². The van der Waals surface area contributed by atoms with Gasteiger partial charge in [-0.2, -0.15) is 0 Å². The first kappa shape index (κ1) is 20.6. The van der Waals surface area contributed by atoms with Crippen molar-refractivity contribution in [2.75, 3.05) is 30.5 Å². The summed E-state index contributed by atoms with van der Waals surface area (Å²) in [6, 6.07) is 12.2. The fourth-order valence-electron chi connectivity index (χ4n) is 2.61. The van der Waals surface area contributed by atoms with E-state index in [2.05, 4.69) is 5.32 Å². The summed E-state index contributed by atoms with van der Waals surface area (Å²) in [5.41, 5.74) is 1.12. The highest BCUT2D eigenvalue weighted by Crippen LogP contribution is 2.29. The van der Waals surface area contributed by atoms with E-state index in [1.54, 1.807) is 30.3 Å². The molecule has 0 heterocycles. The number of para-hydroxylation sites is 2. The third kappa shape index (κ3) is 5.62. The summed E-state index contributed by atoms with van der Waals surface area (Å²) in [7, 11) is 1.51. The molecule has 2 amide bonds. The van der Waals surface area contributed by atoms with Gasteiger partial charge >= 0.3 is 0 Å². The first-order valence-electron chi connectivity index (χ1n) is 8.59. The predicted molar refractivity (Wildman–Crippen MR) is 107 cm³/mol. The van der Waals surface area contributed by atoms with Crippen molar-refractivity contribution in [3.05, 3.63) is 47.5 Å². The number of carbonyl (C=O) groups is 2. The van der Waals surface area contributed by atoms with E-state index >= 15 is 0 Å². The van der Waals surface area contributed by atoms with Crippen LogP contribution >= 0.6 is 11.6 Å². The fraction of sp³-hybridized carbons (Fsp3) is 0.300. The molecule has 0 spiro atoms. The number of hydrogen-bond acceptors (Lipinski definition) is 4. The Balaban J connectivity index is 2.10. The highest BCUT2D eigenvalue weighted by Gasteiger charge is 2.18. The van der Waals surface area contributed by atoms with E-state index in [4.69, 9.17) is 21.1 Å². The molecule has 144 valence electrons. The number of amides is 2. The van der Waals surface area contributed by atoms with Crippen molar-refractivity contribution in [3.63, 3.8) is 0 Å². The predicted octanol–water partition coefficient (Wildman–Crippen LogP) is 4.13. The van der Waals surface area contributed by atoms with E-state index in [1.165, 1.54) is 18.9 Å². The van der Waals surface area contributed by atoms with Gasteiger partial charge in [0.2, 0.25) is 11.8 Å². The van der Waals surface area contributed by atoms with Crippen molar-refractivity contribution in [2.45, 2.75) is 20.3 Å². The smallest absolute Gasteiger partial charge is 0.226 e. The first-order valence-corrected chi connectivity index (χ1v) is 8.97. The average Bonchev–Trinajstić information content (AvgIpc) is 2.63. The van der Waals surface area contributed by atoms with Crippen molar-refractivity contribution in [3.8, 4) is 11.5 Å². The van der Waals surface area contributed by atoms with Crippen LogP contribution in [0.25, 0.3) is 0 Å². The molecule has 27 heavy (non-hydrogen) atoms. The van der Waals surface area contributed by atoms with Gasteiger partial charge in [0.15, 0.2) is 0 Å². The highest BCUT2D eigenvalue weighted by atomic mass is 35.5. The van der Waals surface area contributed by atoms with Crippen LogP contribution < -0.4 is 19.7 Å². The molecule has 0 atom stereocenters. The van der Waals surface area contributed by atoms with E-state index in [-0.39, 0.29) is 24.8 Å². The van der Waals surface area contributed by atoms with E-state index < -0.39 is 0 Å². The molecule has 2 aromatic carbocycles. The van der Waals surface area contributed by atoms with Crippen molar-refractivity contribution in [1.29, 1.82) is 0 Å². The van der Waals surface area contributed by atoms with E-state index in [1.807, 2.05) is 19.1 Å². The number of hydrogen-bond donors (Lipinski definition) is 1. The van der Waals surface area contributed by atoms with Crippen LogP contribution in [0.15, 0.2) is 42.5 Å². The Kier molecular flexibility index (Phi) is 7.49. The van der Waals surface area contributed by atoms with Gasteiger partial charge in [-0.15, -0.1) is 0 Å². The largest absolute Gasteiger partial charge is 0.495 e. The van der Waals surface area contributed by atoms with Crippen LogP contribution in [0.5, 0.6) is 11.5 Å². The molecule has 0 fully saturated rings. The fourth-order valence-corrected chi connectivity index (χ4v) is 2.78. The van der Waals surface area contributed by atoms with Crippen LogP contribution in [0.1, 0.15) is 20.3 Å². The third-order valence-electron chi connectivity index (χ3n) is 3.83. The van der Waals surface area contributed by atoms with Gasteiger partial charge in [-0.05, 0) is 37.3 Å². The monoisotopic (exact) mass is 390 g/mol. The highest BCUT2D eigenvalue weighted by molar-refractivity contribution is 6.31. The number of nitrogens with zero attached hydrogens (tertiary/aromatic N) is 1. The van der Waals surface area contributed by atoms with E-state index in [0.29, 0.717) is 34.5 Å². The maximum absolute atomic E-state index is 12.4. The van der Waals surface area contributed by atoms with Crippen molar-refractivity contribution >= 4 is 34.8 Å². The molecule has 0 radical (unpaired) electrons. The van der Waals surface area contributed by atoms with Gasteiger partial charge in [0, 0.05) is 24.9 Å². The van der Waals surface area contributed by atoms with Crippen LogP contribution in [0.3, 0.4) is 0 Å². The number of benzene rings is 2. The minimum absolute atomic E-state index is 0.107. The Morgan fingerprint density at radius 1 is 1.15 bits per heavy atom. The molecule has 0 aliphatic carbocycles. The standard InChI is InChI=1S/C20H23ClN2O4/c1-4-27-19-8-6-5-7-17(19)23(14(2)24)12-11-20(25)22-16-13-15(21)9-10-18(16)26-3/h5-10,13H,4,11-12H2,1-3H3,(H,22,25). The van der Waals surface area contributed by atoms with Crippen molar-refractivity contribution < 1.29 is 19.1 Å². The lowest BCUT2D eigenvalue weighted by atomic mass is 10.2. The number of carbonyl (C=O) groups excluding carboxylic acids is 2. The number of methoxy groups -OCH3 is 1. The van der Waals surface area contributed by atoms with Gasteiger partial charge in [-0.1, -0.05) is 23.7 Å². The van der Waals surface area contributed by atoms with Gasteiger partial charge in [0.05, 0.1) is 25.1 Å². The summed E-state index contributed by atoms with van der Waals surface area (Å²) >= 11 is 5.98. The summed E-state index contributed by atoms with van der Waals surface area (Å²) in [5.74, 6) is 0.691. The Labute approximate surface area is 164 Å². The van der Waals surface area contributed by atoms with Gasteiger partial charge in [-0.3, -0.25) is 9.59 Å². The van der Waals surface area contributed by atoms with Crippen LogP contribution in [0.4, 0.5) is 11.4 Å². The third-order valence-corrected chi connectivity index (χ3v) is 4.07. The maximum atomic E-state index is 12.4. The molecule has 2 rings (SSSR count). The molecule has 7 heteroatoms. The lowest BCUT2D eigenvalue weighted by Gasteiger charge is -2.23. The minimum Gasteiger partial charge on any atom is -0.495 e. The zero-order valence-corrected chi connectivity index (χ0v) is 16.4. The number of nitrogens with one attached hydrogen (secondary N) is 1. The van der Waals surface area contributed by atoms with Crippen LogP contribution in [0, 0.1) is 0 Å². The molecule has 0 saturated heterocycles. The molecule has 0 aliphatic rings. The molecule has 2 aromatic rings. The lowest BCUT2D eigenvalue weighted by molar-refractivity contribution is -0.117. The Bertz CT molecular complexity index is 810. The van der Waals surface area contributed by atoms with Crippen molar-refractivity contribution in [2.24, 2.45) is 0 Å². The summed E-state index contributed by atoms with van der Waals surface area (Å²) < 4.78 is 10.8. The minimum atomic E-state index is -0.254. The Morgan fingerprint density at radius 2 is 1.89 bits per heavy atom. The zero-order valence-electron chi connectivity index (χ0n) is 15.6. The average molecular weight is 391 g/mol. The van der Waals surface area contributed by atoms with Crippen molar-refractivity contribution in [1.82, 2.24) is 0 Å². The summed E-state index contributed by atoms with van der Waals surface area (Å²) in [4.78, 5) is 26.0. The van der Waals surface area contributed by atoms with Gasteiger partial charge in [0.1, 0.15) is 11.5 Å². The molecular weight excluding hydrogens is 368 g/mol. The summed E-state index contributed by atoms with van der Waals surface area (Å²) in [5, 5.41) is 3.26. The lowest BCUT2D eigenvalue weighted by Crippen LogP contribution is -2.32. The number of ether oxygens (including phenoxy) is 2. The quantitative estimate of drug-likeness (QED) is 0.735. The molecule has 0 aromatic heterocycles. The first-order chi connectivity index (χ1) is 13.0. The molecule has 0 bridgehead atoms. The van der Waals surface area contributed by atoms with Gasteiger partial charge in [-0.25, -0.2) is 0 Å². The second-order valence-corrected chi connectivity index (χ2v) is 6.15. The van der Waals surface area contributed by atoms with Gasteiger partial charge in [0.25, 0.3) is 0 Å². The Morgan fingerprint density at radius 3 is 2.56 bits per heavy atom. The number of anilines is 2. The molecule has 6 nitrogen and oxygen atoms in total. The SMILES string of the molecule is CCOc1ccccc1N(CCC(=O)Nc1cc(Cl)ccc1OC)C(C)=O. The topological polar surface area (TPSA) is 67.9 Å². The molecule has 0 aliphatic heterocycles. The normalized spacial score (nSPS) is 10.2. The number of rotatable bonds is 8. The molecule has 1 N–H and O–H groups in total. The van der Waals surface area contributed by atoms with E-state index in [9.17, 15) is 9.59 Å². The molecule has 0 unspecified atom stereocenters. The summed E-state index contributed by atoms with van der Waals surface area (Å²) in [6.07, 6.45) is 0.107. The van der Waals surface area contributed by atoms with Crippen LogP contribution in [-0.2, 0) is 9.59 Å². The second kappa shape index (κ2) is 9.83. The zero-order chi connectivity index (χ0) is 19.8. The second-order valence-electron chi connectivity index (χ2n) is 5.71. The number of halogens is 1. The maximum Gasteiger partial charge on any atom is 0.226 e. The van der Waals surface area contributed by atoms with Gasteiger partial charge < -0.3 is 19.7 Å². The Hall–Kier alpha value is -2.73. The molecule has 0 saturated carbocycles. The molecular formula is C20H23ClN2O4.